The Morgan fingerprint density at radius 3 is 2.43 bits per heavy atom. The van der Waals surface area contributed by atoms with Gasteiger partial charge in [0.15, 0.2) is 5.82 Å². The number of alkyl halides is 3. The lowest BCUT2D eigenvalue weighted by molar-refractivity contribution is -0.179. The van der Waals surface area contributed by atoms with Gasteiger partial charge in [-0.2, -0.15) is 18.3 Å². The quantitative estimate of drug-likeness (QED) is 0.725. The third-order valence-electron chi connectivity index (χ3n) is 4.73. The number of carbonyl (C=O) groups is 1. The van der Waals surface area contributed by atoms with Crippen LogP contribution in [0.2, 0.25) is 0 Å². The van der Waals surface area contributed by atoms with E-state index < -0.39 is 17.9 Å². The van der Waals surface area contributed by atoms with Crippen LogP contribution in [-0.4, -0.2) is 21.9 Å². The molecule has 0 aliphatic carbocycles. The monoisotopic (exact) mass is 397 g/mol. The minimum atomic E-state index is -4.30. The van der Waals surface area contributed by atoms with E-state index in [0.29, 0.717) is 16.8 Å². The van der Waals surface area contributed by atoms with Crippen molar-refractivity contribution in [1.29, 1.82) is 0 Å². The smallest absolute Gasteiger partial charge is 0.309 e. The van der Waals surface area contributed by atoms with Gasteiger partial charge in [-0.05, 0) is 29.5 Å². The van der Waals surface area contributed by atoms with E-state index in [9.17, 15) is 22.4 Å². The highest BCUT2D eigenvalue weighted by Gasteiger charge is 2.43. The largest absolute Gasteiger partial charge is 0.392 e. The van der Waals surface area contributed by atoms with Crippen LogP contribution in [0.25, 0.3) is 11.1 Å². The molecule has 0 saturated carbocycles. The summed E-state index contributed by atoms with van der Waals surface area (Å²) in [6, 6.07) is 5.46. The lowest BCUT2D eigenvalue weighted by atomic mass is 9.91. The van der Waals surface area contributed by atoms with Crippen LogP contribution in [0.5, 0.6) is 0 Å². The van der Waals surface area contributed by atoms with Crippen molar-refractivity contribution in [3.8, 4) is 11.1 Å². The van der Waals surface area contributed by atoms with Crippen LogP contribution >= 0.6 is 0 Å². The number of amides is 1. The molecule has 2 heterocycles. The van der Waals surface area contributed by atoms with Gasteiger partial charge in [-0.15, -0.1) is 0 Å². The van der Waals surface area contributed by atoms with Crippen molar-refractivity contribution in [1.82, 2.24) is 9.78 Å². The third kappa shape index (κ3) is 4.54. The summed E-state index contributed by atoms with van der Waals surface area (Å²) in [7, 11) is 0. The number of benzene rings is 1. The van der Waals surface area contributed by atoms with E-state index in [1.54, 1.807) is 0 Å². The molecule has 0 bridgehead atoms. The average molecular weight is 397 g/mol. The molecule has 2 aromatic rings. The molecule has 1 aromatic carbocycles. The summed E-state index contributed by atoms with van der Waals surface area (Å²) in [6.45, 7) is 5.86. The third-order valence-corrected chi connectivity index (χ3v) is 4.73. The minimum absolute atomic E-state index is 0.0591. The maximum atomic E-state index is 13.3. The first-order valence-electron chi connectivity index (χ1n) is 9.16. The van der Waals surface area contributed by atoms with E-state index in [2.05, 4.69) is 10.4 Å². The zero-order chi connectivity index (χ0) is 20.7. The minimum Gasteiger partial charge on any atom is -0.309 e. The molecule has 1 aliphatic rings. The second-order valence-electron chi connectivity index (χ2n) is 8.42. The fourth-order valence-electron chi connectivity index (χ4n) is 3.45. The number of anilines is 1. The Kier molecular flexibility index (Phi) is 5.25. The average Bonchev–Trinajstić information content (AvgIpc) is 2.89. The number of nitrogens with one attached hydrogen (secondary N) is 1. The van der Waals surface area contributed by atoms with Gasteiger partial charge in [-0.1, -0.05) is 32.9 Å². The molecule has 1 aliphatic heterocycles. The lowest BCUT2D eigenvalue weighted by Gasteiger charge is -2.26. The summed E-state index contributed by atoms with van der Waals surface area (Å²) >= 11 is 0. The van der Waals surface area contributed by atoms with E-state index in [1.807, 2.05) is 20.8 Å². The van der Waals surface area contributed by atoms with Crippen LogP contribution in [0.4, 0.5) is 23.4 Å². The molecule has 1 N–H and O–H groups in total. The molecule has 1 amide bonds. The Hall–Kier alpha value is -2.38. The van der Waals surface area contributed by atoms with E-state index in [0.717, 1.165) is 0 Å². The van der Waals surface area contributed by atoms with Crippen molar-refractivity contribution in [2.45, 2.75) is 52.8 Å². The first-order chi connectivity index (χ1) is 12.9. The highest BCUT2D eigenvalue weighted by Crippen LogP contribution is 2.41. The highest BCUT2D eigenvalue weighted by molar-refractivity contribution is 5.95. The zero-order valence-corrected chi connectivity index (χ0v) is 16.0. The fourth-order valence-corrected chi connectivity index (χ4v) is 3.45. The maximum absolute atomic E-state index is 13.3. The number of hydrogen-bond donors (Lipinski definition) is 1. The maximum Gasteiger partial charge on any atom is 0.392 e. The van der Waals surface area contributed by atoms with Crippen molar-refractivity contribution in [2.75, 3.05) is 5.32 Å². The Bertz CT molecular complexity index is 863. The summed E-state index contributed by atoms with van der Waals surface area (Å²) in [5.41, 5.74) is 1.11. The van der Waals surface area contributed by atoms with Gasteiger partial charge in [0.2, 0.25) is 5.91 Å². The molecule has 3 rings (SSSR count). The molecule has 1 atom stereocenters. The molecule has 0 saturated heterocycles. The van der Waals surface area contributed by atoms with Crippen LogP contribution in [0.3, 0.4) is 0 Å². The van der Waals surface area contributed by atoms with E-state index >= 15 is 0 Å². The molecule has 0 fully saturated rings. The van der Waals surface area contributed by atoms with E-state index in [1.165, 1.54) is 28.9 Å². The molecule has 1 unspecified atom stereocenters. The van der Waals surface area contributed by atoms with Gasteiger partial charge in [0.25, 0.3) is 0 Å². The second kappa shape index (κ2) is 7.22. The molecule has 8 heteroatoms. The number of rotatable bonds is 3. The van der Waals surface area contributed by atoms with Crippen molar-refractivity contribution >= 4 is 11.7 Å². The zero-order valence-electron chi connectivity index (χ0n) is 16.0. The van der Waals surface area contributed by atoms with E-state index in [-0.39, 0.29) is 42.9 Å². The van der Waals surface area contributed by atoms with Gasteiger partial charge >= 0.3 is 6.18 Å². The van der Waals surface area contributed by atoms with Crippen LogP contribution in [0.1, 0.15) is 39.3 Å². The van der Waals surface area contributed by atoms with Crippen molar-refractivity contribution in [3.05, 3.63) is 35.8 Å². The Morgan fingerprint density at radius 1 is 1.21 bits per heavy atom. The Balaban J connectivity index is 2.02. The molecule has 0 radical (unpaired) electrons. The number of aryl methyl sites for hydroxylation is 1. The number of carbonyl (C=O) groups excluding carboxylic acids is 1. The molecule has 0 spiro atoms. The number of nitrogens with zero attached hydrogens (tertiary/aromatic N) is 2. The van der Waals surface area contributed by atoms with Gasteiger partial charge in [0.05, 0.1) is 5.92 Å². The van der Waals surface area contributed by atoms with Gasteiger partial charge in [0.1, 0.15) is 5.82 Å². The Morgan fingerprint density at radius 2 is 1.86 bits per heavy atom. The van der Waals surface area contributed by atoms with Gasteiger partial charge < -0.3 is 5.32 Å². The number of hydrogen-bond acceptors (Lipinski definition) is 2. The Labute approximate surface area is 160 Å². The molecule has 28 heavy (non-hydrogen) atoms. The lowest BCUT2D eigenvalue weighted by Crippen LogP contribution is -2.31. The number of aromatic nitrogens is 2. The predicted molar refractivity (Wildman–Crippen MR) is 98.2 cm³/mol. The molecule has 4 nitrogen and oxygen atoms in total. The molecular weight excluding hydrogens is 374 g/mol. The summed E-state index contributed by atoms with van der Waals surface area (Å²) in [4.78, 5) is 12.4. The van der Waals surface area contributed by atoms with Crippen molar-refractivity contribution in [3.63, 3.8) is 0 Å². The van der Waals surface area contributed by atoms with E-state index in [4.69, 9.17) is 0 Å². The standard InChI is InChI=1S/C20H23F4N3O/c1-19(2,3)11-16(28)25-18-17(12-4-6-14(21)7-5-12)15-10-13(20(22,23)24)8-9-27(15)26-18/h4-7,13H,8-11H2,1-3H3,(H,25,26,28). The normalized spacial score (nSPS) is 17.3. The van der Waals surface area contributed by atoms with Crippen molar-refractivity contribution < 1.29 is 22.4 Å². The van der Waals surface area contributed by atoms with Crippen molar-refractivity contribution in [2.24, 2.45) is 11.3 Å². The number of halogens is 4. The van der Waals surface area contributed by atoms with Crippen LogP contribution in [0, 0.1) is 17.2 Å². The summed E-state index contributed by atoms with van der Waals surface area (Å²) in [5, 5.41) is 7.10. The molecular formula is C20H23F4N3O. The first kappa shape index (κ1) is 20.4. The summed E-state index contributed by atoms with van der Waals surface area (Å²) < 4.78 is 54.7. The first-order valence-corrected chi connectivity index (χ1v) is 9.16. The SMILES string of the molecule is CC(C)(C)CC(=O)Nc1nn2c(c1-c1ccc(F)cc1)CC(C(F)(F)F)CC2. The van der Waals surface area contributed by atoms with Gasteiger partial charge in [0, 0.05) is 30.6 Å². The van der Waals surface area contributed by atoms with Crippen LogP contribution in [-0.2, 0) is 17.8 Å². The fraction of sp³-hybridized carbons (Fsp3) is 0.500. The van der Waals surface area contributed by atoms with Crippen LogP contribution < -0.4 is 5.32 Å². The predicted octanol–water partition coefficient (Wildman–Crippen LogP) is 5.19. The highest BCUT2D eigenvalue weighted by atomic mass is 19.4. The molecule has 1 aromatic heterocycles. The van der Waals surface area contributed by atoms with Gasteiger partial charge in [-0.3, -0.25) is 9.48 Å². The summed E-state index contributed by atoms with van der Waals surface area (Å²) in [5.74, 6) is -1.96. The second-order valence-corrected chi connectivity index (χ2v) is 8.42. The summed E-state index contributed by atoms with van der Waals surface area (Å²) in [6.07, 6.45) is -4.34. The van der Waals surface area contributed by atoms with Gasteiger partial charge in [-0.25, -0.2) is 4.39 Å². The van der Waals surface area contributed by atoms with Crippen LogP contribution in [0.15, 0.2) is 24.3 Å². The number of fused-ring (bicyclic) bond motifs is 1. The molecule has 152 valence electrons. The topological polar surface area (TPSA) is 46.9 Å².